The summed E-state index contributed by atoms with van der Waals surface area (Å²) in [7, 11) is 0. The Labute approximate surface area is 155 Å². The summed E-state index contributed by atoms with van der Waals surface area (Å²) in [6.45, 7) is 3.14. The molecule has 0 bridgehead atoms. The van der Waals surface area contributed by atoms with E-state index in [2.05, 4.69) is 10.4 Å². The van der Waals surface area contributed by atoms with Crippen LogP contribution in [0.5, 0.6) is 0 Å². The molecule has 2 aromatic carbocycles. The van der Waals surface area contributed by atoms with E-state index in [4.69, 9.17) is 4.74 Å². The Morgan fingerprint density at radius 2 is 1.67 bits per heavy atom. The third-order valence-corrected chi connectivity index (χ3v) is 3.90. The minimum Gasteiger partial charge on any atom is -0.451 e. The Kier molecular flexibility index (Phi) is 5.30. The first-order valence-corrected chi connectivity index (χ1v) is 8.51. The normalized spacial score (nSPS) is 10.8. The molecule has 1 amide bonds. The number of benzene rings is 2. The molecule has 3 rings (SSSR count). The lowest BCUT2D eigenvalue weighted by molar-refractivity contribution is -0.119. The Bertz CT molecular complexity index is 1040. The minimum atomic E-state index is -0.760. The van der Waals surface area contributed by atoms with Crippen LogP contribution in [-0.4, -0.2) is 28.3 Å². The summed E-state index contributed by atoms with van der Waals surface area (Å²) in [6.07, 6.45) is 0. The zero-order valence-electron chi connectivity index (χ0n) is 15.0. The fourth-order valence-corrected chi connectivity index (χ4v) is 2.63. The Hall–Kier alpha value is -3.48. The molecule has 0 radical (unpaired) electrons. The highest BCUT2D eigenvalue weighted by atomic mass is 16.5. The highest BCUT2D eigenvalue weighted by molar-refractivity contribution is 6.03. The van der Waals surface area contributed by atoms with Crippen LogP contribution in [0.2, 0.25) is 0 Å². The van der Waals surface area contributed by atoms with Crippen molar-refractivity contribution in [1.29, 1.82) is 0 Å². The van der Waals surface area contributed by atoms with Crippen molar-refractivity contribution in [2.75, 3.05) is 11.9 Å². The molecule has 0 saturated carbocycles. The van der Waals surface area contributed by atoms with Gasteiger partial charge < -0.3 is 10.1 Å². The average Bonchev–Trinajstić information content (AvgIpc) is 2.67. The van der Waals surface area contributed by atoms with Gasteiger partial charge in [-0.25, -0.2) is 9.48 Å². The van der Waals surface area contributed by atoms with Crippen LogP contribution in [0, 0.1) is 0 Å². The van der Waals surface area contributed by atoms with Crippen molar-refractivity contribution in [3.05, 3.63) is 70.6 Å². The Morgan fingerprint density at radius 3 is 2.33 bits per heavy atom. The Morgan fingerprint density at radius 1 is 1.04 bits per heavy atom. The van der Waals surface area contributed by atoms with Gasteiger partial charge in [0.15, 0.2) is 12.3 Å². The van der Waals surface area contributed by atoms with Crippen molar-refractivity contribution in [2.45, 2.75) is 19.9 Å². The second-order valence-corrected chi connectivity index (χ2v) is 6.23. The van der Waals surface area contributed by atoms with Crippen LogP contribution in [0.25, 0.3) is 10.8 Å². The molecule has 1 heterocycles. The van der Waals surface area contributed by atoms with Gasteiger partial charge in [0, 0.05) is 11.1 Å². The molecule has 7 nitrogen and oxygen atoms in total. The van der Waals surface area contributed by atoms with Gasteiger partial charge in [-0.15, -0.1) is 0 Å². The van der Waals surface area contributed by atoms with Gasteiger partial charge in [0.05, 0.1) is 11.4 Å². The van der Waals surface area contributed by atoms with E-state index < -0.39 is 18.5 Å². The number of para-hydroxylation sites is 1. The van der Waals surface area contributed by atoms with E-state index in [1.54, 1.807) is 62.4 Å². The van der Waals surface area contributed by atoms with Crippen LogP contribution in [-0.2, 0) is 9.53 Å². The number of rotatable bonds is 5. The molecule has 0 aliphatic heterocycles. The molecule has 27 heavy (non-hydrogen) atoms. The van der Waals surface area contributed by atoms with Crippen LogP contribution >= 0.6 is 0 Å². The van der Waals surface area contributed by atoms with Crippen LogP contribution < -0.4 is 10.9 Å². The predicted molar refractivity (Wildman–Crippen MR) is 102 cm³/mol. The van der Waals surface area contributed by atoms with Gasteiger partial charge in [-0.3, -0.25) is 9.59 Å². The van der Waals surface area contributed by atoms with Crippen molar-refractivity contribution >= 4 is 28.3 Å². The molecule has 7 heteroatoms. The van der Waals surface area contributed by atoms with E-state index in [9.17, 15) is 14.4 Å². The van der Waals surface area contributed by atoms with Gasteiger partial charge >= 0.3 is 5.97 Å². The summed E-state index contributed by atoms with van der Waals surface area (Å²) in [5.41, 5.74) is 0.334. The number of hydrogen-bond acceptors (Lipinski definition) is 5. The largest absolute Gasteiger partial charge is 0.451 e. The number of hydrogen-bond donors (Lipinski definition) is 1. The lowest BCUT2D eigenvalue weighted by Crippen LogP contribution is -2.28. The van der Waals surface area contributed by atoms with Gasteiger partial charge in [-0.2, -0.15) is 5.10 Å². The van der Waals surface area contributed by atoms with Crippen LogP contribution in [0.1, 0.15) is 30.4 Å². The van der Waals surface area contributed by atoms with Crippen LogP contribution in [0.4, 0.5) is 5.69 Å². The molecule has 0 atom stereocenters. The smallest absolute Gasteiger partial charge is 0.359 e. The van der Waals surface area contributed by atoms with E-state index in [1.807, 2.05) is 6.07 Å². The standard InChI is InChI=1S/C20H19N3O4/c1-13(2)23-19(25)16-11-7-6-10-15(16)18(22-23)20(26)27-12-17(24)21-14-8-4-3-5-9-14/h3-11,13H,12H2,1-2H3,(H,21,24). The lowest BCUT2D eigenvalue weighted by atomic mass is 10.1. The minimum absolute atomic E-state index is 0.00594. The molecule has 1 aromatic heterocycles. The van der Waals surface area contributed by atoms with Crippen molar-refractivity contribution < 1.29 is 14.3 Å². The van der Waals surface area contributed by atoms with E-state index in [-0.39, 0.29) is 17.3 Å². The average molecular weight is 365 g/mol. The zero-order valence-corrected chi connectivity index (χ0v) is 15.0. The monoisotopic (exact) mass is 365 g/mol. The number of amides is 1. The zero-order chi connectivity index (χ0) is 19.4. The highest BCUT2D eigenvalue weighted by Crippen LogP contribution is 2.16. The molecule has 0 spiro atoms. The first-order chi connectivity index (χ1) is 13.0. The molecule has 0 aliphatic carbocycles. The fraction of sp³-hybridized carbons (Fsp3) is 0.200. The number of esters is 1. The summed E-state index contributed by atoms with van der Waals surface area (Å²) < 4.78 is 6.36. The number of aromatic nitrogens is 2. The molecule has 0 aliphatic rings. The van der Waals surface area contributed by atoms with Gasteiger partial charge in [0.1, 0.15) is 0 Å². The lowest BCUT2D eigenvalue weighted by Gasteiger charge is -2.13. The first-order valence-electron chi connectivity index (χ1n) is 8.51. The third kappa shape index (κ3) is 4.03. The summed E-state index contributed by atoms with van der Waals surface area (Å²) >= 11 is 0. The number of carbonyl (C=O) groups excluding carboxylic acids is 2. The van der Waals surface area contributed by atoms with Gasteiger partial charge in [-0.1, -0.05) is 36.4 Å². The number of anilines is 1. The number of nitrogens with one attached hydrogen (secondary N) is 1. The SMILES string of the molecule is CC(C)n1nc(C(=O)OCC(=O)Nc2ccccc2)c2ccccc2c1=O. The number of ether oxygens (including phenoxy) is 1. The first kappa shape index (κ1) is 18.3. The second kappa shape index (κ2) is 7.82. The molecule has 3 aromatic rings. The van der Waals surface area contributed by atoms with Gasteiger partial charge in [-0.05, 0) is 32.0 Å². The Balaban J connectivity index is 1.82. The summed E-state index contributed by atoms with van der Waals surface area (Å²) in [4.78, 5) is 37.0. The third-order valence-electron chi connectivity index (χ3n) is 3.90. The fourth-order valence-electron chi connectivity index (χ4n) is 2.63. The van der Waals surface area contributed by atoms with E-state index >= 15 is 0 Å². The molecule has 1 N–H and O–H groups in total. The summed E-state index contributed by atoms with van der Waals surface area (Å²) in [5, 5.41) is 7.57. The van der Waals surface area contributed by atoms with Crippen molar-refractivity contribution in [3.63, 3.8) is 0 Å². The maximum atomic E-state index is 12.5. The number of carbonyl (C=O) groups is 2. The quantitative estimate of drug-likeness (QED) is 0.702. The highest BCUT2D eigenvalue weighted by Gasteiger charge is 2.19. The van der Waals surface area contributed by atoms with Crippen molar-refractivity contribution in [2.24, 2.45) is 0 Å². The van der Waals surface area contributed by atoms with Gasteiger partial charge in [0.25, 0.3) is 11.5 Å². The maximum absolute atomic E-state index is 12.5. The summed E-state index contributed by atoms with van der Waals surface area (Å²) in [5.74, 6) is -1.22. The van der Waals surface area contributed by atoms with E-state index in [1.165, 1.54) is 4.68 Å². The predicted octanol–water partition coefficient (Wildman–Crippen LogP) is 2.77. The van der Waals surface area contributed by atoms with E-state index in [0.29, 0.717) is 16.5 Å². The van der Waals surface area contributed by atoms with Crippen molar-refractivity contribution in [1.82, 2.24) is 9.78 Å². The molecular formula is C20H19N3O4. The summed E-state index contributed by atoms with van der Waals surface area (Å²) in [6, 6.07) is 15.3. The topological polar surface area (TPSA) is 90.3 Å². The van der Waals surface area contributed by atoms with E-state index in [0.717, 1.165) is 0 Å². The van der Waals surface area contributed by atoms with Gasteiger partial charge in [0.2, 0.25) is 0 Å². The molecular weight excluding hydrogens is 346 g/mol. The molecule has 0 fully saturated rings. The molecule has 138 valence electrons. The maximum Gasteiger partial charge on any atom is 0.359 e. The molecule has 0 unspecified atom stereocenters. The van der Waals surface area contributed by atoms with Crippen molar-refractivity contribution in [3.8, 4) is 0 Å². The second-order valence-electron chi connectivity index (χ2n) is 6.23. The van der Waals surface area contributed by atoms with Crippen LogP contribution in [0.15, 0.2) is 59.4 Å². The number of nitrogens with zero attached hydrogens (tertiary/aromatic N) is 2. The molecule has 0 saturated heterocycles. The van der Waals surface area contributed by atoms with Crippen LogP contribution in [0.3, 0.4) is 0 Å². The number of fused-ring (bicyclic) bond motifs is 1.